The van der Waals surface area contributed by atoms with Crippen molar-refractivity contribution < 1.29 is 8.42 Å². The molecule has 120 valence electrons. The van der Waals surface area contributed by atoms with Crippen molar-refractivity contribution in [1.29, 1.82) is 0 Å². The van der Waals surface area contributed by atoms with Crippen molar-refractivity contribution in [3.63, 3.8) is 0 Å². The number of nitrogens with zero attached hydrogens (tertiary/aromatic N) is 2. The number of thiophene rings is 1. The highest BCUT2D eigenvalue weighted by molar-refractivity contribution is 7.89. The van der Waals surface area contributed by atoms with Crippen LogP contribution in [0.1, 0.15) is 30.7 Å². The van der Waals surface area contributed by atoms with Crippen LogP contribution in [0.5, 0.6) is 0 Å². The lowest BCUT2D eigenvalue weighted by molar-refractivity contribution is 0.142. The zero-order valence-electron chi connectivity index (χ0n) is 13.0. The summed E-state index contributed by atoms with van der Waals surface area (Å²) in [6.45, 7) is 9.20. The summed E-state index contributed by atoms with van der Waals surface area (Å²) in [4.78, 5) is 3.56. The van der Waals surface area contributed by atoms with Crippen molar-refractivity contribution in [2.45, 2.75) is 44.7 Å². The van der Waals surface area contributed by atoms with Gasteiger partial charge in [-0.05, 0) is 31.2 Å². The molecule has 0 bridgehead atoms. The Labute approximate surface area is 131 Å². The van der Waals surface area contributed by atoms with Crippen molar-refractivity contribution in [1.82, 2.24) is 9.21 Å². The maximum absolute atomic E-state index is 12.9. The van der Waals surface area contributed by atoms with Crippen LogP contribution in [-0.2, 0) is 16.6 Å². The molecule has 0 spiro atoms. The molecule has 1 saturated heterocycles. The van der Waals surface area contributed by atoms with Gasteiger partial charge < -0.3 is 5.73 Å². The molecule has 1 aliphatic heterocycles. The number of aryl methyl sites for hydroxylation is 1. The Morgan fingerprint density at radius 1 is 1.33 bits per heavy atom. The van der Waals surface area contributed by atoms with Gasteiger partial charge in [0.2, 0.25) is 10.0 Å². The molecule has 0 amide bonds. The van der Waals surface area contributed by atoms with Gasteiger partial charge in [-0.25, -0.2) is 8.42 Å². The molecule has 2 rings (SSSR count). The summed E-state index contributed by atoms with van der Waals surface area (Å²) in [6, 6.07) is 0.511. The Bertz CT molecular complexity index is 575. The van der Waals surface area contributed by atoms with Crippen LogP contribution in [0.3, 0.4) is 0 Å². The maximum Gasteiger partial charge on any atom is 0.244 e. The van der Waals surface area contributed by atoms with Crippen LogP contribution >= 0.6 is 11.3 Å². The summed E-state index contributed by atoms with van der Waals surface area (Å²) in [7, 11) is -3.41. The number of rotatable bonds is 5. The second-order valence-electron chi connectivity index (χ2n) is 5.57. The van der Waals surface area contributed by atoms with Gasteiger partial charge in [0, 0.05) is 43.6 Å². The van der Waals surface area contributed by atoms with Crippen molar-refractivity contribution in [2.24, 2.45) is 5.73 Å². The van der Waals surface area contributed by atoms with Gasteiger partial charge >= 0.3 is 0 Å². The predicted molar refractivity (Wildman–Crippen MR) is 87.0 cm³/mol. The molecule has 1 atom stereocenters. The lowest BCUT2D eigenvalue weighted by atomic mass is 10.2. The fraction of sp³-hybridized carbons (Fsp3) is 0.714. The van der Waals surface area contributed by atoms with Crippen LogP contribution in [0.15, 0.2) is 10.3 Å². The third-order valence-corrected chi connectivity index (χ3v) is 7.65. The highest BCUT2D eigenvalue weighted by Crippen LogP contribution is 2.29. The van der Waals surface area contributed by atoms with Gasteiger partial charge in [-0.2, -0.15) is 4.31 Å². The molecule has 2 N–H and O–H groups in total. The largest absolute Gasteiger partial charge is 0.326 e. The number of piperazine rings is 1. The molecule has 0 radical (unpaired) electrons. The van der Waals surface area contributed by atoms with Crippen LogP contribution in [-0.4, -0.2) is 49.8 Å². The van der Waals surface area contributed by atoms with Gasteiger partial charge in [0.05, 0.1) is 0 Å². The number of hydrogen-bond donors (Lipinski definition) is 1. The first-order chi connectivity index (χ1) is 9.91. The standard InChI is InChI=1S/C14H25N3O2S2/c1-4-12(3)16-5-7-17(8-6-16)21(18,19)14-11(2)10-20-13(14)9-15/h10,12H,4-9,15H2,1-3H3. The number of hydrogen-bond acceptors (Lipinski definition) is 5. The molecule has 1 aromatic heterocycles. The van der Waals surface area contributed by atoms with E-state index in [1.54, 1.807) is 4.31 Å². The smallest absolute Gasteiger partial charge is 0.244 e. The first-order valence-electron chi connectivity index (χ1n) is 7.43. The van der Waals surface area contributed by atoms with Gasteiger partial charge in [-0.15, -0.1) is 11.3 Å². The average Bonchev–Trinajstić information content (AvgIpc) is 2.88. The van der Waals surface area contributed by atoms with Gasteiger partial charge in [0.15, 0.2) is 0 Å². The Morgan fingerprint density at radius 2 is 1.95 bits per heavy atom. The van der Waals surface area contributed by atoms with E-state index < -0.39 is 10.0 Å². The fourth-order valence-corrected chi connectivity index (χ4v) is 5.82. The zero-order chi connectivity index (χ0) is 15.6. The van der Waals surface area contributed by atoms with Gasteiger partial charge in [0.25, 0.3) is 0 Å². The SMILES string of the molecule is CCC(C)N1CCN(S(=O)(=O)c2c(C)csc2CN)CC1. The van der Waals surface area contributed by atoms with Gasteiger partial charge in [0.1, 0.15) is 4.90 Å². The highest BCUT2D eigenvalue weighted by Gasteiger charge is 2.32. The predicted octanol–water partition coefficient (Wildman–Crippen LogP) is 1.62. The Morgan fingerprint density at radius 3 is 2.48 bits per heavy atom. The first-order valence-corrected chi connectivity index (χ1v) is 9.75. The molecular weight excluding hydrogens is 306 g/mol. The molecule has 0 aromatic carbocycles. The zero-order valence-corrected chi connectivity index (χ0v) is 14.6. The summed E-state index contributed by atoms with van der Waals surface area (Å²) in [5.74, 6) is 0. The van der Waals surface area contributed by atoms with Crippen LogP contribution in [0, 0.1) is 6.92 Å². The Balaban J connectivity index is 2.17. The van der Waals surface area contributed by atoms with Crippen LogP contribution < -0.4 is 5.73 Å². The second-order valence-corrected chi connectivity index (χ2v) is 8.41. The third-order valence-electron chi connectivity index (χ3n) is 4.26. The molecule has 1 fully saturated rings. The van der Waals surface area contributed by atoms with E-state index in [9.17, 15) is 8.42 Å². The van der Waals surface area contributed by atoms with E-state index in [0.717, 1.165) is 30.0 Å². The summed E-state index contributed by atoms with van der Waals surface area (Å²) < 4.78 is 27.3. The summed E-state index contributed by atoms with van der Waals surface area (Å²) >= 11 is 1.43. The molecule has 0 saturated carbocycles. The lowest BCUT2D eigenvalue weighted by Gasteiger charge is -2.37. The van der Waals surface area contributed by atoms with Crippen molar-refractivity contribution >= 4 is 21.4 Å². The van der Waals surface area contributed by atoms with E-state index in [1.165, 1.54) is 11.3 Å². The van der Waals surface area contributed by atoms with E-state index in [-0.39, 0.29) is 6.54 Å². The van der Waals surface area contributed by atoms with Crippen LogP contribution in [0.25, 0.3) is 0 Å². The van der Waals surface area contributed by atoms with E-state index in [4.69, 9.17) is 5.73 Å². The number of sulfonamides is 1. The Kier molecular flexibility index (Phi) is 5.43. The molecule has 1 unspecified atom stereocenters. The van der Waals surface area contributed by atoms with Crippen LogP contribution in [0.2, 0.25) is 0 Å². The van der Waals surface area contributed by atoms with Gasteiger partial charge in [-0.3, -0.25) is 4.90 Å². The molecule has 21 heavy (non-hydrogen) atoms. The third kappa shape index (κ3) is 3.32. The molecule has 0 aliphatic carbocycles. The summed E-state index contributed by atoms with van der Waals surface area (Å²) in [5.41, 5.74) is 6.50. The monoisotopic (exact) mass is 331 g/mol. The molecule has 1 aliphatic rings. The van der Waals surface area contributed by atoms with Crippen molar-refractivity contribution in [2.75, 3.05) is 26.2 Å². The first kappa shape index (κ1) is 16.9. The quantitative estimate of drug-likeness (QED) is 0.890. The van der Waals surface area contributed by atoms with E-state index in [0.29, 0.717) is 24.0 Å². The maximum atomic E-state index is 12.9. The molecule has 7 heteroatoms. The van der Waals surface area contributed by atoms with E-state index in [2.05, 4.69) is 18.7 Å². The molecule has 5 nitrogen and oxygen atoms in total. The fourth-order valence-electron chi connectivity index (χ4n) is 2.75. The highest BCUT2D eigenvalue weighted by atomic mass is 32.2. The summed E-state index contributed by atoms with van der Waals surface area (Å²) in [5, 5.41) is 1.88. The van der Waals surface area contributed by atoms with Crippen molar-refractivity contribution in [3.8, 4) is 0 Å². The molecule has 2 heterocycles. The minimum atomic E-state index is -3.41. The molecular formula is C14H25N3O2S2. The van der Waals surface area contributed by atoms with E-state index >= 15 is 0 Å². The average molecular weight is 332 g/mol. The number of nitrogens with two attached hydrogens (primary N) is 1. The summed E-state index contributed by atoms with van der Waals surface area (Å²) in [6.07, 6.45) is 1.09. The lowest BCUT2D eigenvalue weighted by Crippen LogP contribution is -2.51. The van der Waals surface area contributed by atoms with E-state index in [1.807, 2.05) is 12.3 Å². The second kappa shape index (κ2) is 6.75. The minimum Gasteiger partial charge on any atom is -0.326 e. The Hall–Kier alpha value is -0.470. The van der Waals surface area contributed by atoms with Gasteiger partial charge in [-0.1, -0.05) is 6.92 Å². The van der Waals surface area contributed by atoms with Crippen molar-refractivity contribution in [3.05, 3.63) is 15.8 Å². The molecule has 1 aromatic rings. The van der Waals surface area contributed by atoms with Crippen LogP contribution in [0.4, 0.5) is 0 Å². The minimum absolute atomic E-state index is 0.278. The topological polar surface area (TPSA) is 66.6 Å². The normalized spacial score (nSPS) is 19.8.